The van der Waals surface area contributed by atoms with Crippen molar-refractivity contribution in [3.63, 3.8) is 0 Å². The van der Waals surface area contributed by atoms with E-state index < -0.39 is 33.1 Å². The van der Waals surface area contributed by atoms with Gasteiger partial charge in [-0.15, -0.1) is 0 Å². The van der Waals surface area contributed by atoms with Crippen LogP contribution in [0.15, 0.2) is 0 Å². The number of carboxylic acid groups (broad SMARTS) is 1. The molecule has 5 nitrogen and oxygen atoms in total. The van der Waals surface area contributed by atoms with Crippen molar-refractivity contribution in [1.82, 2.24) is 0 Å². The highest BCUT2D eigenvalue weighted by molar-refractivity contribution is 7.90. The van der Waals surface area contributed by atoms with Gasteiger partial charge in [-0.05, 0) is 0 Å². The maximum atomic E-state index is 12.4. The monoisotopic (exact) mass is 201 g/mol. The fourth-order valence-electron chi connectivity index (χ4n) is 1.00. The van der Waals surface area contributed by atoms with Gasteiger partial charge in [0.05, 0.1) is 0 Å². The molecule has 0 aromatic heterocycles. The second-order valence-corrected chi connectivity index (χ2v) is 4.19. The third-order valence-corrected chi connectivity index (χ3v) is 2.90. The summed E-state index contributed by atoms with van der Waals surface area (Å²) in [6.07, 6.45) is 0. The molecule has 8 heteroatoms. The standard InChI is InChI=1S/C4H5F2NO4S/c5-4(6)1(3(8)9)2(4)12(7,10)11/h1-2H,(H,8,9)(H2,7,10,11)/t1-,2-/m0/s1. The van der Waals surface area contributed by atoms with Gasteiger partial charge in [-0.25, -0.2) is 22.3 Å². The zero-order chi connectivity index (χ0) is 9.73. The number of sulfonamides is 1. The number of nitrogens with two attached hydrogens (primary N) is 1. The molecule has 0 saturated heterocycles. The Kier molecular flexibility index (Phi) is 1.66. The molecule has 3 N–H and O–H groups in total. The first kappa shape index (κ1) is 9.33. The molecule has 2 atom stereocenters. The predicted molar refractivity (Wildman–Crippen MR) is 33.0 cm³/mol. The van der Waals surface area contributed by atoms with Gasteiger partial charge in [-0.3, -0.25) is 4.79 Å². The molecule has 1 saturated carbocycles. The second kappa shape index (κ2) is 2.13. The highest BCUT2D eigenvalue weighted by Crippen LogP contribution is 2.52. The zero-order valence-corrected chi connectivity index (χ0v) is 6.38. The van der Waals surface area contributed by atoms with Gasteiger partial charge in [0.1, 0.15) is 5.92 Å². The van der Waals surface area contributed by atoms with Crippen molar-refractivity contribution in [3.05, 3.63) is 0 Å². The molecule has 0 aromatic carbocycles. The number of hydrogen-bond acceptors (Lipinski definition) is 3. The number of carboxylic acids is 1. The van der Waals surface area contributed by atoms with E-state index in [1.165, 1.54) is 0 Å². The Morgan fingerprint density at radius 3 is 2.00 bits per heavy atom. The molecular weight excluding hydrogens is 196 g/mol. The number of primary sulfonamides is 1. The van der Waals surface area contributed by atoms with Crippen molar-refractivity contribution >= 4 is 16.0 Å². The minimum Gasteiger partial charge on any atom is -0.481 e. The Bertz CT molecular complexity index is 324. The highest BCUT2D eigenvalue weighted by atomic mass is 32.2. The van der Waals surface area contributed by atoms with Crippen LogP contribution < -0.4 is 5.14 Å². The van der Waals surface area contributed by atoms with Crippen LogP contribution in [0.25, 0.3) is 0 Å². The van der Waals surface area contributed by atoms with Crippen molar-refractivity contribution < 1.29 is 27.1 Å². The summed E-state index contributed by atoms with van der Waals surface area (Å²) in [7, 11) is -4.46. The topological polar surface area (TPSA) is 97.5 Å². The van der Waals surface area contributed by atoms with Crippen LogP contribution in [-0.4, -0.2) is 30.7 Å². The molecule has 1 rings (SSSR count). The quantitative estimate of drug-likeness (QED) is 0.598. The summed E-state index contributed by atoms with van der Waals surface area (Å²) in [5, 5.41) is 10.2. The Hall–Kier alpha value is -0.760. The van der Waals surface area contributed by atoms with Crippen LogP contribution >= 0.6 is 0 Å². The smallest absolute Gasteiger partial charge is 0.314 e. The molecule has 1 fully saturated rings. The third kappa shape index (κ3) is 1.16. The first-order chi connectivity index (χ1) is 5.19. The molecule has 0 heterocycles. The van der Waals surface area contributed by atoms with E-state index >= 15 is 0 Å². The lowest BCUT2D eigenvalue weighted by atomic mass is 10.4. The normalized spacial score (nSPS) is 32.9. The van der Waals surface area contributed by atoms with Crippen molar-refractivity contribution in [2.75, 3.05) is 0 Å². The van der Waals surface area contributed by atoms with E-state index in [9.17, 15) is 22.0 Å². The van der Waals surface area contributed by atoms with Crippen LogP contribution in [0.1, 0.15) is 0 Å². The Labute approximate surface area is 66.2 Å². The average molecular weight is 201 g/mol. The van der Waals surface area contributed by atoms with Crippen LogP contribution in [0.3, 0.4) is 0 Å². The van der Waals surface area contributed by atoms with Gasteiger partial charge in [0.15, 0.2) is 5.25 Å². The number of hydrogen-bond donors (Lipinski definition) is 2. The molecule has 0 unspecified atom stereocenters. The molecular formula is C4H5F2NO4S. The molecule has 12 heavy (non-hydrogen) atoms. The lowest BCUT2D eigenvalue weighted by Gasteiger charge is -1.90. The maximum absolute atomic E-state index is 12.4. The largest absolute Gasteiger partial charge is 0.481 e. The summed E-state index contributed by atoms with van der Waals surface area (Å²) >= 11 is 0. The fraction of sp³-hybridized carbons (Fsp3) is 0.750. The summed E-state index contributed by atoms with van der Waals surface area (Å²) in [6, 6.07) is 0. The molecule has 0 aromatic rings. The van der Waals surface area contributed by atoms with E-state index in [-0.39, 0.29) is 0 Å². The van der Waals surface area contributed by atoms with Gasteiger partial charge in [0.2, 0.25) is 10.0 Å². The van der Waals surface area contributed by atoms with Crippen LogP contribution in [0, 0.1) is 5.92 Å². The number of carbonyl (C=O) groups is 1. The van der Waals surface area contributed by atoms with Gasteiger partial charge in [0.25, 0.3) is 5.92 Å². The number of alkyl halides is 2. The Morgan fingerprint density at radius 2 is 1.92 bits per heavy atom. The minimum absolute atomic E-state index is 1.85. The summed E-state index contributed by atoms with van der Waals surface area (Å²) in [6.45, 7) is 0. The molecule has 0 spiro atoms. The van der Waals surface area contributed by atoms with Gasteiger partial charge < -0.3 is 5.11 Å². The van der Waals surface area contributed by atoms with Crippen molar-refractivity contribution in [2.24, 2.45) is 11.1 Å². The van der Waals surface area contributed by atoms with Crippen LogP contribution in [0.5, 0.6) is 0 Å². The molecule has 1 aliphatic rings. The van der Waals surface area contributed by atoms with Crippen LogP contribution in [0.4, 0.5) is 8.78 Å². The van der Waals surface area contributed by atoms with Crippen LogP contribution in [0.2, 0.25) is 0 Å². The van der Waals surface area contributed by atoms with E-state index in [1.807, 2.05) is 0 Å². The van der Waals surface area contributed by atoms with Crippen molar-refractivity contribution in [1.29, 1.82) is 0 Å². The molecule has 70 valence electrons. The van der Waals surface area contributed by atoms with Gasteiger partial charge in [0, 0.05) is 0 Å². The Balaban J connectivity index is 2.96. The van der Waals surface area contributed by atoms with E-state index in [0.29, 0.717) is 0 Å². The zero-order valence-electron chi connectivity index (χ0n) is 5.57. The maximum Gasteiger partial charge on any atom is 0.314 e. The van der Waals surface area contributed by atoms with Crippen molar-refractivity contribution in [3.8, 4) is 0 Å². The van der Waals surface area contributed by atoms with E-state index in [2.05, 4.69) is 5.14 Å². The fourth-order valence-corrected chi connectivity index (χ4v) is 2.18. The Morgan fingerprint density at radius 1 is 1.50 bits per heavy atom. The summed E-state index contributed by atoms with van der Waals surface area (Å²) < 4.78 is 45.5. The molecule has 1 aliphatic carbocycles. The predicted octanol–water partition coefficient (Wildman–Crippen LogP) is -1.01. The first-order valence-electron chi connectivity index (χ1n) is 2.81. The minimum atomic E-state index is -4.46. The molecule has 0 amide bonds. The average Bonchev–Trinajstić information content (AvgIpc) is 2.31. The number of halogens is 2. The van der Waals surface area contributed by atoms with E-state index in [1.54, 1.807) is 0 Å². The first-order valence-corrected chi connectivity index (χ1v) is 4.42. The molecule has 0 aliphatic heterocycles. The van der Waals surface area contributed by atoms with Gasteiger partial charge >= 0.3 is 5.97 Å². The summed E-state index contributed by atoms with van der Waals surface area (Å²) in [4.78, 5) is 10.0. The second-order valence-electron chi connectivity index (χ2n) is 2.50. The van der Waals surface area contributed by atoms with E-state index in [4.69, 9.17) is 5.11 Å². The lowest BCUT2D eigenvalue weighted by Crippen LogP contribution is -2.22. The van der Waals surface area contributed by atoms with Gasteiger partial charge in [-0.2, -0.15) is 0 Å². The molecule has 0 bridgehead atoms. The molecule has 0 radical (unpaired) electrons. The van der Waals surface area contributed by atoms with E-state index in [0.717, 1.165) is 0 Å². The van der Waals surface area contributed by atoms with Crippen LogP contribution in [-0.2, 0) is 14.8 Å². The summed E-state index contributed by atoms with van der Waals surface area (Å²) in [5.41, 5.74) is 0. The number of aliphatic carboxylic acids is 1. The third-order valence-electron chi connectivity index (χ3n) is 1.61. The highest BCUT2D eigenvalue weighted by Gasteiger charge is 2.77. The summed E-state index contributed by atoms with van der Waals surface area (Å²) in [5.74, 6) is -7.76. The van der Waals surface area contributed by atoms with Gasteiger partial charge in [-0.1, -0.05) is 0 Å². The lowest BCUT2D eigenvalue weighted by molar-refractivity contribution is -0.140. The number of rotatable bonds is 2. The van der Waals surface area contributed by atoms with Crippen molar-refractivity contribution in [2.45, 2.75) is 11.2 Å². The SMILES string of the molecule is NS(=O)(=O)[C@H]1[C@@H](C(=O)O)C1(F)F.